The van der Waals surface area contributed by atoms with Crippen LogP contribution in [0.2, 0.25) is 0 Å². The molecule has 2 aromatic rings. The summed E-state index contributed by atoms with van der Waals surface area (Å²) >= 11 is 0. The number of hydrogen-bond acceptors (Lipinski definition) is 1. The molecule has 0 radical (unpaired) electrons. The summed E-state index contributed by atoms with van der Waals surface area (Å²) in [7, 11) is 0. The molecule has 0 aliphatic heterocycles. The van der Waals surface area contributed by atoms with E-state index in [4.69, 9.17) is 0 Å². The summed E-state index contributed by atoms with van der Waals surface area (Å²) in [5.41, 5.74) is 2.96. The van der Waals surface area contributed by atoms with Crippen LogP contribution < -0.4 is 5.32 Å². The van der Waals surface area contributed by atoms with Crippen molar-refractivity contribution >= 4 is 5.91 Å². The Balaban J connectivity index is 2.13. The highest BCUT2D eigenvalue weighted by molar-refractivity contribution is 5.94. The van der Waals surface area contributed by atoms with Gasteiger partial charge in [0.2, 0.25) is 0 Å². The molecule has 0 spiro atoms. The fourth-order valence-corrected chi connectivity index (χ4v) is 2.13. The van der Waals surface area contributed by atoms with Gasteiger partial charge in [-0.05, 0) is 31.0 Å². The van der Waals surface area contributed by atoms with Gasteiger partial charge in [0.1, 0.15) is 0 Å². The minimum atomic E-state index is -0.0144. The minimum Gasteiger partial charge on any atom is -0.345 e. The molecule has 0 heterocycles. The lowest BCUT2D eigenvalue weighted by molar-refractivity contribution is 0.0935. The Labute approximate surface area is 114 Å². The third kappa shape index (κ3) is 3.44. The standard InChI is InChI=1S/C17H19NO/c1-3-16(14-9-5-4-6-10-14)18-17(19)15-11-7-8-13(2)12-15/h4-12,16H,3H2,1-2H3,(H,18,19)/t16-/m0/s1. The third-order valence-electron chi connectivity index (χ3n) is 3.20. The maximum atomic E-state index is 12.2. The van der Waals surface area contributed by atoms with Crippen LogP contribution in [0, 0.1) is 6.92 Å². The lowest BCUT2D eigenvalue weighted by Crippen LogP contribution is -2.28. The molecular formula is C17H19NO. The summed E-state index contributed by atoms with van der Waals surface area (Å²) in [6.45, 7) is 4.07. The van der Waals surface area contributed by atoms with Crippen LogP contribution in [-0.4, -0.2) is 5.91 Å². The van der Waals surface area contributed by atoms with E-state index in [0.717, 1.165) is 23.1 Å². The van der Waals surface area contributed by atoms with Crippen LogP contribution in [0.3, 0.4) is 0 Å². The zero-order valence-corrected chi connectivity index (χ0v) is 11.4. The maximum absolute atomic E-state index is 12.2. The summed E-state index contributed by atoms with van der Waals surface area (Å²) in [4.78, 5) is 12.2. The first-order valence-corrected chi connectivity index (χ1v) is 6.63. The monoisotopic (exact) mass is 253 g/mol. The van der Waals surface area contributed by atoms with E-state index in [2.05, 4.69) is 12.2 Å². The lowest BCUT2D eigenvalue weighted by Gasteiger charge is -2.17. The van der Waals surface area contributed by atoms with E-state index in [1.54, 1.807) is 0 Å². The van der Waals surface area contributed by atoms with E-state index in [-0.39, 0.29) is 11.9 Å². The molecule has 2 nitrogen and oxygen atoms in total. The number of hydrogen-bond donors (Lipinski definition) is 1. The highest BCUT2D eigenvalue weighted by atomic mass is 16.1. The molecular weight excluding hydrogens is 234 g/mol. The number of amides is 1. The summed E-state index contributed by atoms with van der Waals surface area (Å²) in [6.07, 6.45) is 0.877. The number of carbonyl (C=O) groups excluding carboxylic acids is 1. The van der Waals surface area contributed by atoms with Crippen LogP contribution in [0.25, 0.3) is 0 Å². The largest absolute Gasteiger partial charge is 0.345 e. The lowest BCUT2D eigenvalue weighted by atomic mass is 10.0. The first-order chi connectivity index (χ1) is 9.20. The Morgan fingerprint density at radius 1 is 1.11 bits per heavy atom. The van der Waals surface area contributed by atoms with Gasteiger partial charge in [-0.1, -0.05) is 55.0 Å². The molecule has 0 bridgehead atoms. The summed E-state index contributed by atoms with van der Waals surface area (Å²) in [6, 6.07) is 17.8. The first kappa shape index (κ1) is 13.3. The Morgan fingerprint density at radius 2 is 1.84 bits per heavy atom. The average Bonchev–Trinajstić information content (AvgIpc) is 2.45. The van der Waals surface area contributed by atoms with Crippen molar-refractivity contribution < 1.29 is 4.79 Å². The molecule has 0 aliphatic rings. The fourth-order valence-electron chi connectivity index (χ4n) is 2.13. The minimum absolute atomic E-state index is 0.0144. The number of carbonyl (C=O) groups is 1. The van der Waals surface area contributed by atoms with Crippen molar-refractivity contribution in [3.05, 3.63) is 71.3 Å². The van der Waals surface area contributed by atoms with E-state index < -0.39 is 0 Å². The Hall–Kier alpha value is -2.09. The van der Waals surface area contributed by atoms with Crippen molar-refractivity contribution in [2.75, 3.05) is 0 Å². The van der Waals surface area contributed by atoms with Gasteiger partial charge in [-0.25, -0.2) is 0 Å². The maximum Gasteiger partial charge on any atom is 0.251 e. The van der Waals surface area contributed by atoms with Gasteiger partial charge in [-0.3, -0.25) is 4.79 Å². The Bertz CT molecular complexity index is 548. The average molecular weight is 253 g/mol. The van der Waals surface area contributed by atoms with Crippen molar-refractivity contribution in [1.82, 2.24) is 5.32 Å². The number of benzene rings is 2. The van der Waals surface area contributed by atoms with E-state index in [1.165, 1.54) is 0 Å². The molecule has 0 unspecified atom stereocenters. The number of rotatable bonds is 4. The second-order valence-electron chi connectivity index (χ2n) is 4.71. The SMILES string of the molecule is CC[C@H](NC(=O)c1cccc(C)c1)c1ccccc1. The Morgan fingerprint density at radius 3 is 2.47 bits per heavy atom. The van der Waals surface area contributed by atoms with E-state index in [1.807, 2.05) is 61.5 Å². The number of nitrogens with one attached hydrogen (secondary N) is 1. The molecule has 0 aliphatic carbocycles. The molecule has 0 aromatic heterocycles. The summed E-state index contributed by atoms with van der Waals surface area (Å²) in [5, 5.41) is 3.09. The van der Waals surface area contributed by atoms with E-state index in [0.29, 0.717) is 0 Å². The zero-order valence-electron chi connectivity index (χ0n) is 11.4. The highest BCUT2D eigenvalue weighted by Crippen LogP contribution is 2.17. The van der Waals surface area contributed by atoms with Gasteiger partial charge in [0.05, 0.1) is 6.04 Å². The molecule has 0 fully saturated rings. The second-order valence-corrected chi connectivity index (χ2v) is 4.71. The molecule has 1 amide bonds. The normalized spacial score (nSPS) is 11.9. The molecule has 2 aromatic carbocycles. The third-order valence-corrected chi connectivity index (χ3v) is 3.20. The molecule has 2 heteroatoms. The van der Waals surface area contributed by atoms with Gasteiger partial charge < -0.3 is 5.32 Å². The smallest absolute Gasteiger partial charge is 0.251 e. The first-order valence-electron chi connectivity index (χ1n) is 6.63. The van der Waals surface area contributed by atoms with Crippen LogP contribution >= 0.6 is 0 Å². The molecule has 98 valence electrons. The quantitative estimate of drug-likeness (QED) is 0.880. The van der Waals surface area contributed by atoms with Gasteiger partial charge >= 0.3 is 0 Å². The molecule has 0 saturated carbocycles. The van der Waals surface area contributed by atoms with Gasteiger partial charge in [0, 0.05) is 5.56 Å². The van der Waals surface area contributed by atoms with Crippen LogP contribution in [-0.2, 0) is 0 Å². The molecule has 0 saturated heterocycles. The van der Waals surface area contributed by atoms with Crippen molar-refractivity contribution in [3.8, 4) is 0 Å². The second kappa shape index (κ2) is 6.19. The van der Waals surface area contributed by atoms with Crippen molar-refractivity contribution in [3.63, 3.8) is 0 Å². The zero-order chi connectivity index (χ0) is 13.7. The van der Waals surface area contributed by atoms with E-state index in [9.17, 15) is 4.79 Å². The van der Waals surface area contributed by atoms with Crippen LogP contribution in [0.5, 0.6) is 0 Å². The topological polar surface area (TPSA) is 29.1 Å². The van der Waals surface area contributed by atoms with Crippen molar-refractivity contribution in [2.45, 2.75) is 26.3 Å². The van der Waals surface area contributed by atoms with Gasteiger partial charge in [0.15, 0.2) is 0 Å². The summed E-state index contributed by atoms with van der Waals surface area (Å²) in [5.74, 6) is -0.0144. The predicted molar refractivity (Wildman–Crippen MR) is 78.1 cm³/mol. The van der Waals surface area contributed by atoms with Crippen molar-refractivity contribution in [2.24, 2.45) is 0 Å². The Kier molecular flexibility index (Phi) is 4.35. The fraction of sp³-hybridized carbons (Fsp3) is 0.235. The highest BCUT2D eigenvalue weighted by Gasteiger charge is 2.13. The van der Waals surface area contributed by atoms with Gasteiger partial charge in [-0.2, -0.15) is 0 Å². The predicted octanol–water partition coefficient (Wildman–Crippen LogP) is 3.88. The van der Waals surface area contributed by atoms with Gasteiger partial charge in [0.25, 0.3) is 5.91 Å². The van der Waals surface area contributed by atoms with Crippen LogP contribution in [0.4, 0.5) is 0 Å². The molecule has 1 atom stereocenters. The molecule has 19 heavy (non-hydrogen) atoms. The van der Waals surface area contributed by atoms with Crippen molar-refractivity contribution in [1.29, 1.82) is 0 Å². The van der Waals surface area contributed by atoms with Crippen LogP contribution in [0.15, 0.2) is 54.6 Å². The number of aryl methyl sites for hydroxylation is 1. The molecule has 2 rings (SSSR count). The van der Waals surface area contributed by atoms with E-state index >= 15 is 0 Å². The molecule has 1 N–H and O–H groups in total. The summed E-state index contributed by atoms with van der Waals surface area (Å²) < 4.78 is 0. The van der Waals surface area contributed by atoms with Crippen LogP contribution in [0.1, 0.15) is 40.9 Å². The van der Waals surface area contributed by atoms with Gasteiger partial charge in [-0.15, -0.1) is 0 Å².